The highest BCUT2D eigenvalue weighted by Crippen LogP contribution is 2.19. The summed E-state index contributed by atoms with van der Waals surface area (Å²) in [6, 6.07) is 0. The number of carbonyl (C=O) groups is 2. The minimum atomic E-state index is -3.70. The molecule has 0 bridgehead atoms. The van der Waals surface area contributed by atoms with Gasteiger partial charge in [-0.05, 0) is 57.7 Å². The molecule has 2 atom stereocenters. The first-order valence-electron chi connectivity index (χ1n) is 9.03. The molecule has 0 spiro atoms. The highest BCUT2D eigenvalue weighted by Gasteiger charge is 2.32. The van der Waals surface area contributed by atoms with Gasteiger partial charge in [0, 0.05) is 6.54 Å². The van der Waals surface area contributed by atoms with Crippen molar-refractivity contribution in [2.75, 3.05) is 31.9 Å². The lowest BCUT2D eigenvalue weighted by Gasteiger charge is -2.26. The second kappa shape index (κ2) is 9.49. The molecule has 4 N–H and O–H groups in total. The second-order valence-corrected chi connectivity index (χ2v) is 9.29. The van der Waals surface area contributed by atoms with Crippen molar-refractivity contribution in [1.29, 1.82) is 0 Å². The number of aliphatic carboxylic acids is 1. The Morgan fingerprint density at radius 1 is 1.12 bits per heavy atom. The molecule has 2 fully saturated rings. The fraction of sp³-hybridized carbons (Fsp3) is 0.875. The summed E-state index contributed by atoms with van der Waals surface area (Å²) < 4.78 is 25.2. The van der Waals surface area contributed by atoms with E-state index < -0.39 is 27.6 Å². The van der Waals surface area contributed by atoms with Crippen molar-refractivity contribution >= 4 is 21.7 Å². The van der Waals surface area contributed by atoms with Crippen molar-refractivity contribution in [1.82, 2.24) is 16.0 Å². The minimum Gasteiger partial charge on any atom is -0.481 e. The molecule has 0 aromatic rings. The summed E-state index contributed by atoms with van der Waals surface area (Å²) in [5, 5.41) is 16.5. The quantitative estimate of drug-likeness (QED) is 0.459. The van der Waals surface area contributed by atoms with Crippen LogP contribution >= 0.6 is 0 Å². The number of sulfone groups is 1. The highest BCUT2D eigenvalue weighted by atomic mass is 32.2. The molecule has 8 nitrogen and oxygen atoms in total. The van der Waals surface area contributed by atoms with Crippen LogP contribution in [-0.4, -0.2) is 62.7 Å². The van der Waals surface area contributed by atoms with E-state index in [1.807, 2.05) is 0 Å². The molecule has 2 aliphatic heterocycles. The standard InChI is InChI=1S/C16H29N3O5S/c20-15(21)10-14(19-16(22)13-2-1-6-18-11-13)25(23,24)9-5-12-3-7-17-8-4-12/h12-14,17-18H,1-11H2,(H,19,22)(H,20,21). The summed E-state index contributed by atoms with van der Waals surface area (Å²) in [7, 11) is -3.70. The Hall–Kier alpha value is -1.19. The van der Waals surface area contributed by atoms with E-state index >= 15 is 0 Å². The molecule has 1 amide bonds. The van der Waals surface area contributed by atoms with Gasteiger partial charge in [-0.1, -0.05) is 0 Å². The van der Waals surface area contributed by atoms with Crippen LogP contribution in [-0.2, 0) is 19.4 Å². The van der Waals surface area contributed by atoms with E-state index in [9.17, 15) is 18.0 Å². The molecule has 25 heavy (non-hydrogen) atoms. The topological polar surface area (TPSA) is 125 Å². The van der Waals surface area contributed by atoms with Gasteiger partial charge in [0.15, 0.2) is 9.84 Å². The fourth-order valence-corrected chi connectivity index (χ4v) is 5.06. The Kier molecular flexibility index (Phi) is 7.64. The molecule has 2 saturated heterocycles. The maximum absolute atomic E-state index is 12.6. The summed E-state index contributed by atoms with van der Waals surface area (Å²) in [5.41, 5.74) is 0. The molecule has 2 heterocycles. The first-order chi connectivity index (χ1) is 11.9. The van der Waals surface area contributed by atoms with Crippen LogP contribution < -0.4 is 16.0 Å². The van der Waals surface area contributed by atoms with Crippen molar-refractivity contribution in [2.45, 2.75) is 43.9 Å². The van der Waals surface area contributed by atoms with Crippen LogP contribution in [0, 0.1) is 11.8 Å². The van der Waals surface area contributed by atoms with Crippen LogP contribution in [0.15, 0.2) is 0 Å². The number of carboxylic acid groups (broad SMARTS) is 1. The van der Waals surface area contributed by atoms with E-state index in [1.165, 1.54) is 0 Å². The summed E-state index contributed by atoms with van der Waals surface area (Å²) in [4.78, 5) is 23.4. The number of piperidine rings is 2. The van der Waals surface area contributed by atoms with Gasteiger partial charge in [-0.2, -0.15) is 0 Å². The lowest BCUT2D eigenvalue weighted by Crippen LogP contribution is -2.48. The van der Waals surface area contributed by atoms with E-state index in [0.29, 0.717) is 25.3 Å². The van der Waals surface area contributed by atoms with Gasteiger partial charge < -0.3 is 21.1 Å². The third-order valence-electron chi connectivity index (χ3n) is 5.03. The zero-order valence-corrected chi connectivity index (χ0v) is 15.3. The van der Waals surface area contributed by atoms with E-state index in [1.54, 1.807) is 0 Å². The number of carbonyl (C=O) groups excluding carboxylic acids is 1. The molecule has 2 rings (SSSR count). The molecule has 144 valence electrons. The van der Waals surface area contributed by atoms with Crippen molar-refractivity contribution < 1.29 is 23.1 Å². The monoisotopic (exact) mass is 375 g/mol. The van der Waals surface area contributed by atoms with Crippen LogP contribution in [0.3, 0.4) is 0 Å². The number of nitrogens with one attached hydrogen (secondary N) is 3. The van der Waals surface area contributed by atoms with Crippen molar-refractivity contribution in [3.05, 3.63) is 0 Å². The SMILES string of the molecule is O=C(O)CC(NC(=O)C1CCCNC1)S(=O)(=O)CCC1CCNCC1. The van der Waals surface area contributed by atoms with Crippen molar-refractivity contribution in [3.8, 4) is 0 Å². The molecule has 0 radical (unpaired) electrons. The smallest absolute Gasteiger partial charge is 0.306 e. The van der Waals surface area contributed by atoms with E-state index in [-0.39, 0.29) is 17.6 Å². The first kappa shape index (κ1) is 20.1. The first-order valence-corrected chi connectivity index (χ1v) is 10.7. The zero-order chi connectivity index (χ0) is 18.3. The average Bonchev–Trinajstić information content (AvgIpc) is 2.61. The minimum absolute atomic E-state index is 0.0845. The largest absolute Gasteiger partial charge is 0.481 e. The molecular formula is C16H29N3O5S. The molecular weight excluding hydrogens is 346 g/mol. The van der Waals surface area contributed by atoms with E-state index in [4.69, 9.17) is 5.11 Å². The zero-order valence-electron chi connectivity index (χ0n) is 14.5. The Bertz CT molecular complexity index is 554. The van der Waals surface area contributed by atoms with Crippen molar-refractivity contribution in [2.24, 2.45) is 11.8 Å². The molecule has 0 aromatic carbocycles. The molecule has 0 aliphatic carbocycles. The van der Waals surface area contributed by atoms with Gasteiger partial charge >= 0.3 is 5.97 Å². The van der Waals surface area contributed by atoms with Crippen LogP contribution in [0.5, 0.6) is 0 Å². The lowest BCUT2D eigenvalue weighted by atomic mass is 9.96. The normalized spacial score (nSPS) is 23.8. The van der Waals surface area contributed by atoms with Gasteiger partial charge in [0.2, 0.25) is 5.91 Å². The van der Waals surface area contributed by atoms with Crippen LogP contribution in [0.25, 0.3) is 0 Å². The number of carboxylic acids is 1. The third-order valence-corrected chi connectivity index (χ3v) is 6.99. The Morgan fingerprint density at radius 3 is 2.44 bits per heavy atom. The molecule has 2 aliphatic rings. The Morgan fingerprint density at radius 2 is 1.84 bits per heavy atom. The molecule has 0 aromatic heterocycles. The van der Waals surface area contributed by atoms with Gasteiger partial charge in [-0.25, -0.2) is 8.42 Å². The van der Waals surface area contributed by atoms with E-state index in [2.05, 4.69) is 16.0 Å². The van der Waals surface area contributed by atoms with Gasteiger partial charge in [-0.3, -0.25) is 9.59 Å². The van der Waals surface area contributed by atoms with Crippen LogP contribution in [0.2, 0.25) is 0 Å². The van der Waals surface area contributed by atoms with Crippen molar-refractivity contribution in [3.63, 3.8) is 0 Å². The number of amides is 1. The molecule has 0 saturated carbocycles. The Balaban J connectivity index is 1.95. The van der Waals surface area contributed by atoms with Gasteiger partial charge in [0.25, 0.3) is 0 Å². The van der Waals surface area contributed by atoms with E-state index in [0.717, 1.165) is 38.9 Å². The van der Waals surface area contributed by atoms with Gasteiger partial charge in [-0.15, -0.1) is 0 Å². The summed E-state index contributed by atoms with van der Waals surface area (Å²) in [6.45, 7) is 3.11. The van der Waals surface area contributed by atoms with Gasteiger partial charge in [0.05, 0.1) is 18.1 Å². The predicted molar refractivity (Wildman–Crippen MR) is 93.8 cm³/mol. The summed E-state index contributed by atoms with van der Waals surface area (Å²) in [5.74, 6) is -1.65. The second-order valence-electron chi connectivity index (χ2n) is 6.99. The summed E-state index contributed by atoms with van der Waals surface area (Å²) in [6.07, 6.45) is 3.32. The maximum Gasteiger partial charge on any atom is 0.306 e. The molecule has 2 unspecified atom stereocenters. The Labute approximate surface area is 149 Å². The molecule has 9 heteroatoms. The number of hydrogen-bond donors (Lipinski definition) is 4. The van der Waals surface area contributed by atoms with Crippen LogP contribution in [0.1, 0.15) is 38.5 Å². The predicted octanol–water partition coefficient (Wildman–Crippen LogP) is -0.292. The number of hydrogen-bond acceptors (Lipinski definition) is 6. The van der Waals surface area contributed by atoms with Crippen LogP contribution in [0.4, 0.5) is 0 Å². The fourth-order valence-electron chi connectivity index (χ4n) is 3.42. The number of rotatable bonds is 8. The summed E-state index contributed by atoms with van der Waals surface area (Å²) >= 11 is 0. The average molecular weight is 375 g/mol. The lowest BCUT2D eigenvalue weighted by molar-refractivity contribution is -0.137. The van der Waals surface area contributed by atoms with Gasteiger partial charge in [0.1, 0.15) is 5.37 Å². The third kappa shape index (κ3) is 6.56. The maximum atomic E-state index is 12.6. The highest BCUT2D eigenvalue weighted by molar-refractivity contribution is 7.92.